The summed E-state index contributed by atoms with van der Waals surface area (Å²) < 4.78 is 32.6. The van der Waals surface area contributed by atoms with E-state index in [1.165, 1.54) is 18.2 Å². The third-order valence-electron chi connectivity index (χ3n) is 4.90. The van der Waals surface area contributed by atoms with E-state index in [2.05, 4.69) is 15.4 Å². The SMILES string of the molecule is O=C(COC(=O)c1ccc([C@H]2Nc3ccccc3S(=O)(=O)N2)cc1)NCc1ccccc1. The molecule has 4 rings (SSSR count). The molecule has 1 amide bonds. The van der Waals surface area contributed by atoms with Gasteiger partial charge in [0.05, 0.1) is 11.3 Å². The van der Waals surface area contributed by atoms with Crippen LogP contribution in [0.4, 0.5) is 5.69 Å². The van der Waals surface area contributed by atoms with Gasteiger partial charge in [0, 0.05) is 6.54 Å². The molecule has 8 nitrogen and oxygen atoms in total. The molecule has 0 aromatic heterocycles. The highest BCUT2D eigenvalue weighted by molar-refractivity contribution is 7.89. The number of anilines is 1. The zero-order chi connectivity index (χ0) is 22.6. The summed E-state index contributed by atoms with van der Waals surface area (Å²) in [5.41, 5.74) is 2.32. The lowest BCUT2D eigenvalue weighted by Gasteiger charge is -2.28. The highest BCUT2D eigenvalue weighted by atomic mass is 32.2. The summed E-state index contributed by atoms with van der Waals surface area (Å²) in [6.45, 7) is -0.0481. The first-order chi connectivity index (χ1) is 15.4. The Morgan fingerprint density at radius 1 is 0.906 bits per heavy atom. The second-order valence-corrected chi connectivity index (χ2v) is 8.84. The van der Waals surface area contributed by atoms with Crippen LogP contribution < -0.4 is 15.4 Å². The molecule has 32 heavy (non-hydrogen) atoms. The average molecular weight is 452 g/mol. The number of rotatable bonds is 6. The maximum Gasteiger partial charge on any atom is 0.338 e. The van der Waals surface area contributed by atoms with E-state index in [0.717, 1.165) is 5.56 Å². The molecule has 0 saturated heterocycles. The summed E-state index contributed by atoms with van der Waals surface area (Å²) in [6.07, 6.45) is -0.677. The van der Waals surface area contributed by atoms with Crippen LogP contribution in [0.2, 0.25) is 0 Å². The van der Waals surface area contributed by atoms with Crippen molar-refractivity contribution in [1.82, 2.24) is 10.0 Å². The van der Waals surface area contributed by atoms with E-state index < -0.39 is 34.7 Å². The zero-order valence-corrected chi connectivity index (χ0v) is 17.8. The molecule has 0 bridgehead atoms. The van der Waals surface area contributed by atoms with E-state index in [-0.39, 0.29) is 10.5 Å². The van der Waals surface area contributed by atoms with Gasteiger partial charge in [-0.2, -0.15) is 4.72 Å². The van der Waals surface area contributed by atoms with E-state index in [4.69, 9.17) is 4.74 Å². The second kappa shape index (κ2) is 9.21. The molecule has 1 aliphatic rings. The van der Waals surface area contributed by atoms with Crippen LogP contribution in [-0.2, 0) is 26.1 Å². The summed E-state index contributed by atoms with van der Waals surface area (Å²) in [5, 5.41) is 5.81. The van der Waals surface area contributed by atoms with Crippen molar-refractivity contribution in [2.75, 3.05) is 11.9 Å². The molecule has 0 aliphatic carbocycles. The van der Waals surface area contributed by atoms with Crippen molar-refractivity contribution in [2.24, 2.45) is 0 Å². The van der Waals surface area contributed by atoms with Gasteiger partial charge in [-0.25, -0.2) is 13.2 Å². The Morgan fingerprint density at radius 3 is 2.34 bits per heavy atom. The first-order valence-corrected chi connectivity index (χ1v) is 11.4. The first-order valence-electron chi connectivity index (χ1n) is 9.88. The fourth-order valence-corrected chi connectivity index (χ4v) is 4.56. The summed E-state index contributed by atoms with van der Waals surface area (Å²) in [6, 6.07) is 22.3. The summed E-state index contributed by atoms with van der Waals surface area (Å²) in [7, 11) is -3.66. The number of hydrogen-bond donors (Lipinski definition) is 3. The van der Waals surface area contributed by atoms with E-state index in [1.54, 1.807) is 30.3 Å². The van der Waals surface area contributed by atoms with E-state index in [1.807, 2.05) is 30.3 Å². The lowest BCUT2D eigenvalue weighted by Crippen LogP contribution is -2.38. The van der Waals surface area contributed by atoms with Crippen molar-refractivity contribution < 1.29 is 22.7 Å². The Hall–Kier alpha value is -3.69. The minimum Gasteiger partial charge on any atom is -0.452 e. The van der Waals surface area contributed by atoms with E-state index in [9.17, 15) is 18.0 Å². The van der Waals surface area contributed by atoms with Crippen molar-refractivity contribution >= 4 is 27.6 Å². The van der Waals surface area contributed by atoms with Gasteiger partial charge in [0.2, 0.25) is 10.0 Å². The quantitative estimate of drug-likeness (QED) is 0.497. The number of carbonyl (C=O) groups is 2. The lowest BCUT2D eigenvalue weighted by atomic mass is 10.1. The minimum absolute atomic E-state index is 0.182. The average Bonchev–Trinajstić information content (AvgIpc) is 2.81. The van der Waals surface area contributed by atoms with Gasteiger partial charge in [-0.3, -0.25) is 4.79 Å². The van der Waals surface area contributed by atoms with Crippen LogP contribution in [0, 0.1) is 0 Å². The van der Waals surface area contributed by atoms with E-state index >= 15 is 0 Å². The number of para-hydroxylation sites is 1. The van der Waals surface area contributed by atoms with Crippen molar-refractivity contribution in [3.8, 4) is 0 Å². The van der Waals surface area contributed by atoms with E-state index in [0.29, 0.717) is 17.8 Å². The molecule has 1 heterocycles. The minimum atomic E-state index is -3.66. The van der Waals surface area contributed by atoms with Gasteiger partial charge in [-0.1, -0.05) is 54.6 Å². The van der Waals surface area contributed by atoms with Gasteiger partial charge >= 0.3 is 5.97 Å². The Bertz CT molecular complexity index is 1230. The highest BCUT2D eigenvalue weighted by Crippen LogP contribution is 2.30. The number of amides is 1. The van der Waals surface area contributed by atoms with Crippen molar-refractivity contribution in [3.63, 3.8) is 0 Å². The molecule has 0 radical (unpaired) electrons. The molecular formula is C23H21N3O5S. The Kier molecular flexibility index (Phi) is 6.20. The predicted octanol–water partition coefficient (Wildman–Crippen LogP) is 2.56. The second-order valence-electron chi connectivity index (χ2n) is 7.16. The largest absolute Gasteiger partial charge is 0.452 e. The number of carbonyl (C=O) groups excluding carboxylic acids is 2. The fourth-order valence-electron chi connectivity index (χ4n) is 3.25. The van der Waals surface area contributed by atoms with Crippen LogP contribution >= 0.6 is 0 Å². The smallest absolute Gasteiger partial charge is 0.338 e. The normalized spacial score (nSPS) is 16.3. The number of nitrogens with one attached hydrogen (secondary N) is 3. The monoisotopic (exact) mass is 451 g/mol. The molecule has 0 unspecified atom stereocenters. The maximum atomic E-state index is 12.5. The third-order valence-corrected chi connectivity index (χ3v) is 6.38. The van der Waals surface area contributed by atoms with Gasteiger partial charge in [-0.15, -0.1) is 0 Å². The molecule has 3 aromatic carbocycles. The van der Waals surface area contributed by atoms with Gasteiger partial charge in [0.1, 0.15) is 11.1 Å². The van der Waals surface area contributed by atoms with Crippen molar-refractivity contribution in [3.05, 3.63) is 95.6 Å². The molecule has 0 spiro atoms. The van der Waals surface area contributed by atoms with Crippen LogP contribution in [0.5, 0.6) is 0 Å². The van der Waals surface area contributed by atoms with Crippen LogP contribution in [0.25, 0.3) is 0 Å². The van der Waals surface area contributed by atoms with Gasteiger partial charge < -0.3 is 15.4 Å². The number of ether oxygens (including phenoxy) is 1. The summed E-state index contributed by atoms with van der Waals surface area (Å²) in [5.74, 6) is -1.05. The maximum absolute atomic E-state index is 12.5. The molecule has 3 aromatic rings. The molecule has 164 valence electrons. The van der Waals surface area contributed by atoms with Crippen molar-refractivity contribution in [1.29, 1.82) is 0 Å². The molecule has 3 N–H and O–H groups in total. The number of sulfonamides is 1. The standard InChI is InChI=1S/C23H21N3O5S/c27-21(24-14-16-6-2-1-3-7-16)15-31-23(28)18-12-10-17(11-13-18)22-25-19-8-4-5-9-20(19)32(29,30)26-22/h1-13,22,25-26H,14-15H2,(H,24,27)/t22-/m0/s1. The Morgan fingerprint density at radius 2 is 1.59 bits per heavy atom. The van der Waals surface area contributed by atoms with Crippen LogP contribution in [-0.4, -0.2) is 26.9 Å². The third kappa shape index (κ3) is 4.96. The number of hydrogen-bond acceptors (Lipinski definition) is 6. The number of fused-ring (bicyclic) bond motifs is 1. The molecule has 9 heteroatoms. The summed E-state index contributed by atoms with van der Waals surface area (Å²) in [4.78, 5) is 24.3. The Labute approximate surface area is 185 Å². The summed E-state index contributed by atoms with van der Waals surface area (Å²) >= 11 is 0. The predicted molar refractivity (Wildman–Crippen MR) is 118 cm³/mol. The molecule has 0 saturated carbocycles. The Balaban J connectivity index is 1.33. The number of esters is 1. The van der Waals surface area contributed by atoms with Crippen LogP contribution in [0.3, 0.4) is 0 Å². The van der Waals surface area contributed by atoms with Crippen LogP contribution in [0.1, 0.15) is 27.7 Å². The lowest BCUT2D eigenvalue weighted by molar-refractivity contribution is -0.124. The fraction of sp³-hybridized carbons (Fsp3) is 0.130. The topological polar surface area (TPSA) is 114 Å². The number of benzene rings is 3. The molecular weight excluding hydrogens is 430 g/mol. The molecule has 1 atom stereocenters. The van der Waals surface area contributed by atoms with Gasteiger partial charge in [-0.05, 0) is 35.4 Å². The molecule has 1 aliphatic heterocycles. The van der Waals surface area contributed by atoms with Gasteiger partial charge in [0.25, 0.3) is 5.91 Å². The van der Waals surface area contributed by atoms with Gasteiger partial charge in [0.15, 0.2) is 6.61 Å². The first kappa shape index (κ1) is 21.5. The highest BCUT2D eigenvalue weighted by Gasteiger charge is 2.29. The van der Waals surface area contributed by atoms with Crippen molar-refractivity contribution in [2.45, 2.75) is 17.6 Å². The zero-order valence-electron chi connectivity index (χ0n) is 16.9. The van der Waals surface area contributed by atoms with Crippen LogP contribution in [0.15, 0.2) is 83.8 Å². The molecule has 0 fully saturated rings.